The number of likely N-dealkylation sites (N-methyl/N-ethyl adjacent to an activating group) is 1. The van der Waals surface area contributed by atoms with E-state index in [1.165, 1.54) is 4.90 Å². The van der Waals surface area contributed by atoms with Crippen molar-refractivity contribution < 1.29 is 9.90 Å². The van der Waals surface area contributed by atoms with E-state index in [9.17, 15) is 9.90 Å². The van der Waals surface area contributed by atoms with Gasteiger partial charge in [0.25, 0.3) is 5.91 Å². The van der Waals surface area contributed by atoms with Crippen LogP contribution in [0.4, 0.5) is 5.82 Å². The summed E-state index contributed by atoms with van der Waals surface area (Å²) in [6.45, 7) is 0.349. The van der Waals surface area contributed by atoms with Crippen molar-refractivity contribution in [1.29, 1.82) is 0 Å². The van der Waals surface area contributed by atoms with Gasteiger partial charge in [0, 0.05) is 20.6 Å². The van der Waals surface area contributed by atoms with E-state index >= 15 is 0 Å². The highest BCUT2D eigenvalue weighted by Crippen LogP contribution is 2.30. The van der Waals surface area contributed by atoms with Gasteiger partial charge in [0.05, 0.1) is 5.60 Å². The summed E-state index contributed by atoms with van der Waals surface area (Å²) in [6.07, 6.45) is 3.56. The van der Waals surface area contributed by atoms with Gasteiger partial charge < -0.3 is 15.3 Å². The van der Waals surface area contributed by atoms with Gasteiger partial charge in [0.15, 0.2) is 5.69 Å². The summed E-state index contributed by atoms with van der Waals surface area (Å²) >= 11 is 0. The molecule has 2 N–H and O–H groups in total. The van der Waals surface area contributed by atoms with Crippen molar-refractivity contribution in [3.63, 3.8) is 0 Å². The molecule has 1 aliphatic rings. The van der Waals surface area contributed by atoms with Gasteiger partial charge in [-0.05, 0) is 25.0 Å². The maximum Gasteiger partial charge on any atom is 0.274 e. The van der Waals surface area contributed by atoms with Crippen LogP contribution in [-0.4, -0.2) is 52.4 Å². The average molecular weight is 264 g/mol. The van der Waals surface area contributed by atoms with E-state index in [1.807, 2.05) is 0 Å². The van der Waals surface area contributed by atoms with E-state index in [4.69, 9.17) is 0 Å². The van der Waals surface area contributed by atoms with E-state index in [0.717, 1.165) is 25.7 Å². The lowest BCUT2D eigenvalue weighted by Gasteiger charge is -2.28. The van der Waals surface area contributed by atoms with Crippen LogP contribution < -0.4 is 5.32 Å². The standard InChI is InChI=1S/C13H20N4O2/c1-14-11-6-5-10(15-16-11)12(18)17(2)9-13(19)7-3-4-8-13/h5-6,19H,3-4,7-9H2,1-2H3,(H,14,16). The second-order valence-corrected chi connectivity index (χ2v) is 5.15. The molecular weight excluding hydrogens is 244 g/mol. The number of aromatic nitrogens is 2. The minimum absolute atomic E-state index is 0.213. The Morgan fingerprint density at radius 1 is 1.42 bits per heavy atom. The molecule has 1 heterocycles. The van der Waals surface area contributed by atoms with Gasteiger partial charge in [-0.2, -0.15) is 0 Å². The van der Waals surface area contributed by atoms with E-state index in [1.54, 1.807) is 26.2 Å². The molecule has 1 aliphatic carbocycles. The van der Waals surface area contributed by atoms with E-state index in [2.05, 4.69) is 15.5 Å². The predicted octanol–water partition coefficient (Wildman–Crippen LogP) is 0.895. The molecule has 1 amide bonds. The highest BCUT2D eigenvalue weighted by atomic mass is 16.3. The fourth-order valence-electron chi connectivity index (χ4n) is 2.48. The maximum absolute atomic E-state index is 12.2. The smallest absolute Gasteiger partial charge is 0.274 e. The molecule has 104 valence electrons. The molecule has 0 atom stereocenters. The number of rotatable bonds is 4. The summed E-state index contributed by atoms with van der Waals surface area (Å²) < 4.78 is 0. The first-order chi connectivity index (χ1) is 9.04. The molecule has 6 heteroatoms. The second kappa shape index (κ2) is 5.52. The summed E-state index contributed by atoms with van der Waals surface area (Å²) in [6, 6.07) is 3.34. The molecular formula is C13H20N4O2. The Labute approximate surface area is 112 Å². The van der Waals surface area contributed by atoms with Crippen LogP contribution in [0, 0.1) is 0 Å². The predicted molar refractivity (Wildman–Crippen MR) is 72.0 cm³/mol. The maximum atomic E-state index is 12.2. The summed E-state index contributed by atoms with van der Waals surface area (Å²) in [5.74, 6) is 0.407. The third-order valence-electron chi connectivity index (χ3n) is 3.55. The zero-order valence-electron chi connectivity index (χ0n) is 11.4. The fourth-order valence-corrected chi connectivity index (χ4v) is 2.48. The Balaban J connectivity index is 2.01. The van der Waals surface area contributed by atoms with Crippen molar-refractivity contribution in [2.75, 3.05) is 26.0 Å². The number of aliphatic hydroxyl groups is 1. The van der Waals surface area contributed by atoms with Crippen LogP contribution in [0.2, 0.25) is 0 Å². The summed E-state index contributed by atoms with van der Waals surface area (Å²) in [5.41, 5.74) is -0.439. The van der Waals surface area contributed by atoms with Crippen LogP contribution in [0.5, 0.6) is 0 Å². The Hall–Kier alpha value is -1.69. The lowest BCUT2D eigenvalue weighted by molar-refractivity contribution is 0.0154. The molecule has 1 fully saturated rings. The molecule has 1 saturated carbocycles. The second-order valence-electron chi connectivity index (χ2n) is 5.15. The molecule has 0 aliphatic heterocycles. The van der Waals surface area contributed by atoms with Crippen molar-refractivity contribution in [3.05, 3.63) is 17.8 Å². The number of carbonyl (C=O) groups is 1. The summed E-state index contributed by atoms with van der Waals surface area (Å²) in [7, 11) is 3.43. The van der Waals surface area contributed by atoms with Crippen LogP contribution >= 0.6 is 0 Å². The zero-order chi connectivity index (χ0) is 13.9. The molecule has 0 spiro atoms. The molecule has 19 heavy (non-hydrogen) atoms. The normalized spacial score (nSPS) is 17.2. The molecule has 2 rings (SSSR count). The monoisotopic (exact) mass is 264 g/mol. The molecule has 0 unspecified atom stereocenters. The number of amides is 1. The minimum atomic E-state index is -0.733. The van der Waals surface area contributed by atoms with Crippen molar-refractivity contribution >= 4 is 11.7 Å². The van der Waals surface area contributed by atoms with Gasteiger partial charge in [-0.3, -0.25) is 4.79 Å². The Morgan fingerprint density at radius 3 is 2.63 bits per heavy atom. The topological polar surface area (TPSA) is 78.4 Å². The Bertz CT molecular complexity index is 440. The third kappa shape index (κ3) is 3.20. The van der Waals surface area contributed by atoms with Gasteiger partial charge in [-0.1, -0.05) is 12.8 Å². The van der Waals surface area contributed by atoms with Crippen LogP contribution in [0.1, 0.15) is 36.2 Å². The number of hydrogen-bond donors (Lipinski definition) is 2. The van der Waals surface area contributed by atoms with Gasteiger partial charge in [0.2, 0.25) is 0 Å². The summed E-state index contributed by atoms with van der Waals surface area (Å²) in [4.78, 5) is 13.7. The SMILES string of the molecule is CNc1ccc(C(=O)N(C)CC2(O)CCCC2)nn1. The molecule has 1 aromatic rings. The molecule has 0 aromatic carbocycles. The van der Waals surface area contributed by atoms with Gasteiger partial charge in [0.1, 0.15) is 5.82 Å². The lowest BCUT2D eigenvalue weighted by atomic mass is 10.0. The Kier molecular flexibility index (Phi) is 3.99. The number of hydrogen-bond acceptors (Lipinski definition) is 5. The lowest BCUT2D eigenvalue weighted by Crippen LogP contribution is -2.42. The van der Waals surface area contributed by atoms with Gasteiger partial charge >= 0.3 is 0 Å². The first kappa shape index (κ1) is 13.7. The van der Waals surface area contributed by atoms with E-state index < -0.39 is 5.60 Å². The first-order valence-electron chi connectivity index (χ1n) is 6.53. The highest BCUT2D eigenvalue weighted by molar-refractivity contribution is 5.92. The van der Waals surface area contributed by atoms with Crippen LogP contribution in [0.25, 0.3) is 0 Å². The number of nitrogens with one attached hydrogen (secondary N) is 1. The van der Waals surface area contributed by atoms with Gasteiger partial charge in [-0.15, -0.1) is 10.2 Å². The largest absolute Gasteiger partial charge is 0.388 e. The fraction of sp³-hybridized carbons (Fsp3) is 0.615. The number of anilines is 1. The molecule has 1 aromatic heterocycles. The van der Waals surface area contributed by atoms with Gasteiger partial charge in [-0.25, -0.2) is 0 Å². The molecule has 0 radical (unpaired) electrons. The third-order valence-corrected chi connectivity index (χ3v) is 3.55. The summed E-state index contributed by atoms with van der Waals surface area (Å²) in [5, 5.41) is 20.9. The van der Waals surface area contributed by atoms with Crippen LogP contribution in [0.3, 0.4) is 0 Å². The van der Waals surface area contributed by atoms with Crippen LogP contribution in [0.15, 0.2) is 12.1 Å². The molecule has 6 nitrogen and oxygen atoms in total. The van der Waals surface area contributed by atoms with E-state index in [-0.39, 0.29) is 5.91 Å². The molecule has 0 saturated heterocycles. The minimum Gasteiger partial charge on any atom is -0.388 e. The zero-order valence-corrected chi connectivity index (χ0v) is 11.4. The first-order valence-corrected chi connectivity index (χ1v) is 6.53. The van der Waals surface area contributed by atoms with E-state index in [0.29, 0.717) is 18.1 Å². The van der Waals surface area contributed by atoms with Crippen molar-refractivity contribution in [2.45, 2.75) is 31.3 Å². The average Bonchev–Trinajstić information content (AvgIpc) is 2.84. The number of nitrogens with zero attached hydrogens (tertiary/aromatic N) is 3. The Morgan fingerprint density at radius 2 is 2.11 bits per heavy atom. The van der Waals surface area contributed by atoms with Crippen molar-refractivity contribution in [3.8, 4) is 0 Å². The number of carbonyl (C=O) groups excluding carboxylic acids is 1. The van der Waals surface area contributed by atoms with Crippen LogP contribution in [-0.2, 0) is 0 Å². The van der Waals surface area contributed by atoms with Crippen molar-refractivity contribution in [2.24, 2.45) is 0 Å². The molecule has 0 bridgehead atoms. The quantitative estimate of drug-likeness (QED) is 0.844. The van der Waals surface area contributed by atoms with Crippen molar-refractivity contribution in [1.82, 2.24) is 15.1 Å². The highest BCUT2D eigenvalue weighted by Gasteiger charge is 2.33.